The number of nitrogens with zero attached hydrogens (tertiary/aromatic N) is 3. The molecule has 0 fully saturated rings. The Balaban J connectivity index is 1.56. The molecule has 1 amide bonds. The predicted octanol–water partition coefficient (Wildman–Crippen LogP) is 4.21. The second-order valence-electron chi connectivity index (χ2n) is 8.15. The minimum absolute atomic E-state index is 0.214. The zero-order chi connectivity index (χ0) is 25.9. The Kier molecular flexibility index (Phi) is 6.60. The lowest BCUT2D eigenvalue weighted by Gasteiger charge is -2.13. The Morgan fingerprint density at radius 1 is 1.08 bits per heavy atom. The van der Waals surface area contributed by atoms with Crippen LogP contribution in [-0.4, -0.2) is 60.3 Å². The summed E-state index contributed by atoms with van der Waals surface area (Å²) >= 11 is 0. The first-order valence-electron chi connectivity index (χ1n) is 11.6. The lowest BCUT2D eigenvalue weighted by atomic mass is 10.1. The summed E-state index contributed by atoms with van der Waals surface area (Å²) in [5.41, 5.74) is 4.89. The van der Waals surface area contributed by atoms with Gasteiger partial charge in [-0.05, 0) is 35.9 Å². The van der Waals surface area contributed by atoms with Gasteiger partial charge in [-0.2, -0.15) is 9.97 Å². The van der Waals surface area contributed by atoms with Crippen molar-refractivity contribution in [3.8, 4) is 22.8 Å². The fraction of sp³-hybridized carbons (Fsp3) is 0.231. The van der Waals surface area contributed by atoms with Crippen LogP contribution in [-0.2, 0) is 4.74 Å². The molecule has 0 aliphatic heterocycles. The first-order chi connectivity index (χ1) is 18.0. The van der Waals surface area contributed by atoms with Crippen molar-refractivity contribution in [1.82, 2.24) is 25.3 Å². The first-order valence-corrected chi connectivity index (χ1v) is 11.6. The molecule has 0 unspecified atom stereocenters. The van der Waals surface area contributed by atoms with Crippen LogP contribution >= 0.6 is 0 Å². The van der Waals surface area contributed by atoms with E-state index in [9.17, 15) is 4.79 Å². The van der Waals surface area contributed by atoms with Crippen LogP contribution in [0.15, 0.2) is 47.0 Å². The van der Waals surface area contributed by atoms with Crippen LogP contribution in [0, 0.1) is 6.92 Å². The number of rotatable bonds is 9. The number of oxazole rings is 1. The lowest BCUT2D eigenvalue weighted by molar-refractivity contribution is 0.0962. The molecule has 11 heteroatoms. The van der Waals surface area contributed by atoms with Crippen molar-refractivity contribution in [2.24, 2.45) is 0 Å². The van der Waals surface area contributed by atoms with Crippen LogP contribution in [0.4, 0.5) is 11.6 Å². The van der Waals surface area contributed by atoms with Crippen molar-refractivity contribution in [2.45, 2.75) is 6.92 Å². The summed E-state index contributed by atoms with van der Waals surface area (Å²) in [5.74, 6) is 1.53. The van der Waals surface area contributed by atoms with Crippen LogP contribution in [0.25, 0.3) is 33.3 Å². The van der Waals surface area contributed by atoms with Gasteiger partial charge >= 0.3 is 0 Å². The molecule has 0 atom stereocenters. The third-order valence-corrected chi connectivity index (χ3v) is 5.77. The molecule has 5 aromatic rings. The highest BCUT2D eigenvalue weighted by molar-refractivity contribution is 5.99. The number of carbonyl (C=O) groups excluding carboxylic acids is 1. The zero-order valence-corrected chi connectivity index (χ0v) is 20.8. The lowest BCUT2D eigenvalue weighted by Crippen LogP contribution is -2.17. The highest BCUT2D eigenvalue weighted by Gasteiger charge is 2.19. The summed E-state index contributed by atoms with van der Waals surface area (Å²) in [7, 11) is 4.71. The standard InChI is InChI=1S/C26H26N6O5/c1-14-29-19-7-5-15(11-21(19)37-14)17-13-28-23-22(17)25(36-10-9-34-3)32-26(31-23)30-18-8-6-16(24(33)27-2)12-20(18)35-4/h5-8,11-13H,9-10H2,1-4H3,(H,27,33)(H2,28,30,31,32). The average molecular weight is 503 g/mol. The molecule has 0 saturated heterocycles. The van der Waals surface area contributed by atoms with Crippen LogP contribution in [0.3, 0.4) is 0 Å². The summed E-state index contributed by atoms with van der Waals surface area (Å²) < 4.78 is 22.4. The molecule has 190 valence electrons. The maximum Gasteiger partial charge on any atom is 0.251 e. The molecule has 2 aromatic carbocycles. The Hall–Kier alpha value is -4.64. The monoisotopic (exact) mass is 502 g/mol. The van der Waals surface area contributed by atoms with Gasteiger partial charge in [-0.15, -0.1) is 0 Å². The summed E-state index contributed by atoms with van der Waals surface area (Å²) in [4.78, 5) is 28.9. The van der Waals surface area contributed by atoms with E-state index in [1.807, 2.05) is 31.3 Å². The molecule has 0 bridgehead atoms. The molecule has 37 heavy (non-hydrogen) atoms. The number of hydrogen-bond acceptors (Lipinski definition) is 9. The average Bonchev–Trinajstić information content (AvgIpc) is 3.50. The van der Waals surface area contributed by atoms with Crippen LogP contribution in [0.1, 0.15) is 16.2 Å². The molecule has 0 aliphatic carbocycles. The maximum absolute atomic E-state index is 12.0. The predicted molar refractivity (Wildman–Crippen MR) is 139 cm³/mol. The summed E-state index contributed by atoms with van der Waals surface area (Å²) in [6.07, 6.45) is 1.86. The minimum atomic E-state index is -0.214. The van der Waals surface area contributed by atoms with Gasteiger partial charge in [0.25, 0.3) is 5.91 Å². The Bertz CT molecular complexity index is 1590. The van der Waals surface area contributed by atoms with Crippen molar-refractivity contribution in [1.29, 1.82) is 0 Å². The van der Waals surface area contributed by atoms with Gasteiger partial charge in [0.05, 0.1) is 24.8 Å². The van der Waals surface area contributed by atoms with E-state index in [4.69, 9.17) is 18.6 Å². The van der Waals surface area contributed by atoms with Crippen LogP contribution < -0.4 is 20.1 Å². The number of nitrogens with one attached hydrogen (secondary N) is 3. The van der Waals surface area contributed by atoms with E-state index in [0.29, 0.717) is 59.2 Å². The van der Waals surface area contributed by atoms with Crippen molar-refractivity contribution < 1.29 is 23.4 Å². The third kappa shape index (κ3) is 4.76. The van der Waals surface area contributed by atoms with E-state index in [0.717, 1.165) is 22.0 Å². The van der Waals surface area contributed by atoms with Crippen molar-refractivity contribution >= 4 is 39.7 Å². The number of anilines is 2. The number of amides is 1. The van der Waals surface area contributed by atoms with Gasteiger partial charge in [-0.25, -0.2) is 4.98 Å². The number of aromatic nitrogens is 4. The van der Waals surface area contributed by atoms with E-state index in [2.05, 4.69) is 30.6 Å². The number of H-pyrrole nitrogens is 1. The SMILES string of the molecule is CNC(=O)c1ccc(Nc2nc(OCCOC)c3c(-c4ccc5nc(C)oc5c4)c[nH]c3n2)c(OC)c1. The number of aromatic amines is 1. The molecule has 0 radical (unpaired) electrons. The number of hydrogen-bond donors (Lipinski definition) is 3. The van der Waals surface area contributed by atoms with Crippen LogP contribution in [0.5, 0.6) is 11.6 Å². The number of ether oxygens (including phenoxy) is 3. The van der Waals surface area contributed by atoms with Gasteiger partial charge in [-0.1, -0.05) is 6.07 Å². The van der Waals surface area contributed by atoms with Gasteiger partial charge in [0.1, 0.15) is 23.5 Å². The molecule has 0 saturated carbocycles. The Morgan fingerprint density at radius 2 is 1.95 bits per heavy atom. The van der Waals surface area contributed by atoms with Crippen molar-refractivity contribution in [3.63, 3.8) is 0 Å². The van der Waals surface area contributed by atoms with Crippen molar-refractivity contribution in [3.05, 3.63) is 54.0 Å². The van der Waals surface area contributed by atoms with Crippen LogP contribution in [0.2, 0.25) is 0 Å². The largest absolute Gasteiger partial charge is 0.495 e. The fourth-order valence-electron chi connectivity index (χ4n) is 4.02. The summed E-state index contributed by atoms with van der Waals surface area (Å²) in [6, 6.07) is 10.9. The molecular formula is C26H26N6O5. The molecule has 0 spiro atoms. The molecule has 11 nitrogen and oxygen atoms in total. The normalized spacial score (nSPS) is 11.1. The quantitative estimate of drug-likeness (QED) is 0.253. The van der Waals surface area contributed by atoms with Crippen molar-refractivity contribution in [2.75, 3.05) is 39.8 Å². The first kappa shape index (κ1) is 24.1. The Labute approximate surface area is 212 Å². The number of benzene rings is 2. The number of carbonyl (C=O) groups is 1. The van der Waals surface area contributed by atoms with Gasteiger partial charge < -0.3 is 34.2 Å². The van der Waals surface area contributed by atoms with E-state index in [1.165, 1.54) is 7.11 Å². The fourth-order valence-corrected chi connectivity index (χ4v) is 4.02. The zero-order valence-electron chi connectivity index (χ0n) is 20.8. The minimum Gasteiger partial charge on any atom is -0.495 e. The van der Waals surface area contributed by atoms with Gasteiger partial charge in [0.2, 0.25) is 11.8 Å². The van der Waals surface area contributed by atoms with Gasteiger partial charge in [0, 0.05) is 38.4 Å². The Morgan fingerprint density at radius 3 is 2.73 bits per heavy atom. The molecule has 5 rings (SSSR count). The number of aryl methyl sites for hydroxylation is 1. The molecule has 3 aromatic heterocycles. The molecule has 3 heterocycles. The topological polar surface area (TPSA) is 136 Å². The third-order valence-electron chi connectivity index (χ3n) is 5.77. The smallest absolute Gasteiger partial charge is 0.251 e. The second-order valence-corrected chi connectivity index (χ2v) is 8.15. The van der Waals surface area contributed by atoms with Gasteiger partial charge in [0.15, 0.2) is 11.5 Å². The molecule has 3 N–H and O–H groups in total. The highest BCUT2D eigenvalue weighted by atomic mass is 16.5. The second kappa shape index (κ2) is 10.2. The number of methoxy groups -OCH3 is 2. The maximum atomic E-state index is 12.0. The van der Waals surface area contributed by atoms with E-state index < -0.39 is 0 Å². The highest BCUT2D eigenvalue weighted by Crippen LogP contribution is 2.37. The summed E-state index contributed by atoms with van der Waals surface area (Å²) in [5, 5.41) is 6.50. The van der Waals surface area contributed by atoms with E-state index >= 15 is 0 Å². The van der Waals surface area contributed by atoms with E-state index in [1.54, 1.807) is 32.4 Å². The van der Waals surface area contributed by atoms with E-state index in [-0.39, 0.29) is 5.91 Å². The van der Waals surface area contributed by atoms with Gasteiger partial charge in [-0.3, -0.25) is 4.79 Å². The number of fused-ring (bicyclic) bond motifs is 2. The molecular weight excluding hydrogens is 476 g/mol. The summed E-state index contributed by atoms with van der Waals surface area (Å²) in [6.45, 7) is 2.51. The molecule has 0 aliphatic rings.